The van der Waals surface area contributed by atoms with E-state index in [1.807, 2.05) is 18.2 Å². The Morgan fingerprint density at radius 2 is 2.06 bits per heavy atom. The number of aromatic nitrogens is 1. The van der Waals surface area contributed by atoms with E-state index in [4.69, 9.17) is 16.0 Å². The van der Waals surface area contributed by atoms with Crippen LogP contribution in [0.4, 0.5) is 0 Å². The highest BCUT2D eigenvalue weighted by Crippen LogP contribution is 2.19. The number of rotatable bonds is 2. The second-order valence-electron chi connectivity index (χ2n) is 3.84. The van der Waals surface area contributed by atoms with Gasteiger partial charge in [-0.1, -0.05) is 18.2 Å². The molecule has 2 heterocycles. The number of benzene rings is 1. The molecule has 2 aromatic heterocycles. The zero-order valence-electron chi connectivity index (χ0n) is 9.26. The van der Waals surface area contributed by atoms with Crippen molar-refractivity contribution >= 4 is 28.3 Å². The van der Waals surface area contributed by atoms with Crippen LogP contribution in [0.1, 0.15) is 16.1 Å². The maximum atomic E-state index is 12.1. The Bertz CT molecular complexity index is 733. The molecule has 0 aliphatic rings. The molecule has 0 atom stereocenters. The number of ketones is 1. The Morgan fingerprint density at radius 1 is 1.17 bits per heavy atom. The summed E-state index contributed by atoms with van der Waals surface area (Å²) in [6.45, 7) is 0. The van der Waals surface area contributed by atoms with E-state index < -0.39 is 0 Å². The number of pyridine rings is 1. The minimum atomic E-state index is -0.200. The van der Waals surface area contributed by atoms with Crippen molar-refractivity contribution < 1.29 is 9.21 Å². The number of furan rings is 1. The van der Waals surface area contributed by atoms with E-state index in [9.17, 15) is 4.79 Å². The van der Waals surface area contributed by atoms with Crippen LogP contribution in [0.3, 0.4) is 0 Å². The Balaban J connectivity index is 2.06. The molecule has 0 bridgehead atoms. The van der Waals surface area contributed by atoms with Crippen LogP contribution in [0, 0.1) is 0 Å². The average molecular weight is 258 g/mol. The smallest absolute Gasteiger partial charge is 0.228 e. The van der Waals surface area contributed by atoms with Crippen LogP contribution in [0.5, 0.6) is 0 Å². The Labute approximate surface area is 108 Å². The van der Waals surface area contributed by atoms with Gasteiger partial charge in [-0.05, 0) is 35.9 Å². The van der Waals surface area contributed by atoms with Gasteiger partial charge in [0.15, 0.2) is 11.0 Å². The van der Waals surface area contributed by atoms with E-state index in [0.29, 0.717) is 5.56 Å². The largest absolute Gasteiger partial charge is 0.441 e. The molecule has 3 rings (SSSR count). The molecule has 0 aliphatic heterocycles. The van der Waals surface area contributed by atoms with Crippen molar-refractivity contribution in [2.24, 2.45) is 0 Å². The molecule has 0 saturated heterocycles. The lowest BCUT2D eigenvalue weighted by Gasteiger charge is -2.00. The number of fused-ring (bicyclic) bond motifs is 1. The van der Waals surface area contributed by atoms with Gasteiger partial charge in [0.25, 0.3) is 0 Å². The van der Waals surface area contributed by atoms with Crippen LogP contribution < -0.4 is 0 Å². The Morgan fingerprint density at radius 3 is 2.83 bits per heavy atom. The fourth-order valence-corrected chi connectivity index (χ4v) is 1.93. The normalized spacial score (nSPS) is 10.7. The van der Waals surface area contributed by atoms with Gasteiger partial charge >= 0.3 is 0 Å². The summed E-state index contributed by atoms with van der Waals surface area (Å²) in [5, 5.41) is 1.20. The standard InChI is InChI=1S/C14H8ClNO2/c15-13-6-5-12(18-13)14(17)10-4-3-9-2-1-7-16-11(9)8-10/h1-8H. The van der Waals surface area contributed by atoms with Crippen LogP contribution in [-0.2, 0) is 0 Å². The first-order chi connectivity index (χ1) is 8.74. The monoisotopic (exact) mass is 257 g/mol. The van der Waals surface area contributed by atoms with Crippen LogP contribution in [-0.4, -0.2) is 10.8 Å². The van der Waals surface area contributed by atoms with Crippen molar-refractivity contribution in [3.8, 4) is 0 Å². The van der Waals surface area contributed by atoms with Crippen molar-refractivity contribution in [1.82, 2.24) is 4.98 Å². The molecule has 1 aromatic carbocycles. The highest BCUT2D eigenvalue weighted by Gasteiger charge is 2.13. The van der Waals surface area contributed by atoms with Crippen LogP contribution in [0.2, 0.25) is 5.22 Å². The summed E-state index contributed by atoms with van der Waals surface area (Å²) in [4.78, 5) is 16.3. The minimum Gasteiger partial charge on any atom is -0.441 e. The molecule has 4 heteroatoms. The Kier molecular flexibility index (Phi) is 2.61. The summed E-state index contributed by atoms with van der Waals surface area (Å²) in [5.41, 5.74) is 1.31. The van der Waals surface area contributed by atoms with Crippen molar-refractivity contribution in [3.63, 3.8) is 0 Å². The zero-order chi connectivity index (χ0) is 12.5. The highest BCUT2D eigenvalue weighted by atomic mass is 35.5. The van der Waals surface area contributed by atoms with Gasteiger partial charge in [0.2, 0.25) is 5.78 Å². The van der Waals surface area contributed by atoms with Gasteiger partial charge in [-0.25, -0.2) is 0 Å². The second-order valence-corrected chi connectivity index (χ2v) is 4.22. The van der Waals surface area contributed by atoms with Gasteiger partial charge in [0, 0.05) is 17.1 Å². The molecular weight excluding hydrogens is 250 g/mol. The van der Waals surface area contributed by atoms with Crippen LogP contribution in [0.25, 0.3) is 10.9 Å². The second kappa shape index (κ2) is 4.27. The third kappa shape index (κ3) is 1.89. The van der Waals surface area contributed by atoms with Crippen LogP contribution >= 0.6 is 11.6 Å². The summed E-state index contributed by atoms with van der Waals surface area (Å²) in [6, 6.07) is 12.3. The molecule has 0 spiro atoms. The van der Waals surface area contributed by atoms with Gasteiger partial charge in [-0.3, -0.25) is 9.78 Å². The summed E-state index contributed by atoms with van der Waals surface area (Å²) in [5.74, 6) is 0.0322. The molecule has 0 aliphatic carbocycles. The van der Waals surface area contributed by atoms with Gasteiger partial charge < -0.3 is 4.42 Å². The number of hydrogen-bond acceptors (Lipinski definition) is 3. The molecule has 3 nitrogen and oxygen atoms in total. The molecule has 0 radical (unpaired) electrons. The number of carbonyl (C=O) groups is 1. The predicted octanol–water partition coefficient (Wildman–Crippen LogP) is 3.71. The predicted molar refractivity (Wildman–Crippen MR) is 68.9 cm³/mol. The van der Waals surface area contributed by atoms with Crippen molar-refractivity contribution in [2.75, 3.05) is 0 Å². The summed E-state index contributed by atoms with van der Waals surface area (Å²) in [7, 11) is 0. The lowest BCUT2D eigenvalue weighted by molar-refractivity contribution is 0.101. The minimum absolute atomic E-state index is 0.200. The molecule has 0 N–H and O–H groups in total. The Hall–Kier alpha value is -2.13. The fraction of sp³-hybridized carbons (Fsp3) is 0. The molecule has 0 amide bonds. The summed E-state index contributed by atoms with van der Waals surface area (Å²) in [6.07, 6.45) is 1.69. The van der Waals surface area contributed by atoms with Crippen molar-refractivity contribution in [2.45, 2.75) is 0 Å². The summed E-state index contributed by atoms with van der Waals surface area (Å²) >= 11 is 5.66. The first kappa shape index (κ1) is 11.0. The van der Waals surface area contributed by atoms with Crippen molar-refractivity contribution in [3.05, 3.63) is 65.2 Å². The number of nitrogens with zero attached hydrogens (tertiary/aromatic N) is 1. The molecular formula is C14H8ClNO2. The highest BCUT2D eigenvalue weighted by molar-refractivity contribution is 6.29. The maximum Gasteiger partial charge on any atom is 0.228 e. The molecule has 88 valence electrons. The van der Waals surface area contributed by atoms with E-state index in [2.05, 4.69) is 4.98 Å². The maximum absolute atomic E-state index is 12.1. The lowest BCUT2D eigenvalue weighted by Crippen LogP contribution is -1.99. The van der Waals surface area contributed by atoms with Gasteiger partial charge in [0.1, 0.15) is 0 Å². The van der Waals surface area contributed by atoms with E-state index in [-0.39, 0.29) is 16.8 Å². The first-order valence-corrected chi connectivity index (χ1v) is 5.77. The lowest BCUT2D eigenvalue weighted by atomic mass is 10.1. The number of hydrogen-bond donors (Lipinski definition) is 0. The van der Waals surface area contributed by atoms with E-state index in [1.54, 1.807) is 30.5 Å². The summed E-state index contributed by atoms with van der Waals surface area (Å²) < 4.78 is 5.11. The first-order valence-electron chi connectivity index (χ1n) is 5.39. The average Bonchev–Trinajstić information content (AvgIpc) is 2.84. The molecule has 0 unspecified atom stereocenters. The van der Waals surface area contributed by atoms with E-state index in [1.165, 1.54) is 0 Å². The topological polar surface area (TPSA) is 43.1 Å². The molecule has 0 fully saturated rings. The SMILES string of the molecule is O=C(c1ccc2cccnc2c1)c1ccc(Cl)o1. The van der Waals surface area contributed by atoms with Gasteiger partial charge in [0.05, 0.1) is 5.52 Å². The van der Waals surface area contributed by atoms with E-state index in [0.717, 1.165) is 10.9 Å². The van der Waals surface area contributed by atoms with E-state index >= 15 is 0 Å². The van der Waals surface area contributed by atoms with Crippen LogP contribution in [0.15, 0.2) is 53.1 Å². The van der Waals surface area contributed by atoms with Crippen molar-refractivity contribution in [1.29, 1.82) is 0 Å². The number of halogens is 1. The third-order valence-electron chi connectivity index (χ3n) is 2.67. The molecule has 0 saturated carbocycles. The molecule has 18 heavy (non-hydrogen) atoms. The number of carbonyl (C=O) groups excluding carboxylic acids is 1. The fourth-order valence-electron chi connectivity index (χ4n) is 1.79. The zero-order valence-corrected chi connectivity index (χ0v) is 10.0. The van der Waals surface area contributed by atoms with Gasteiger partial charge in [-0.2, -0.15) is 0 Å². The third-order valence-corrected chi connectivity index (χ3v) is 2.87. The van der Waals surface area contributed by atoms with Gasteiger partial charge in [-0.15, -0.1) is 0 Å². The molecule has 3 aromatic rings. The quantitative estimate of drug-likeness (QED) is 0.657.